The Morgan fingerprint density at radius 1 is 1.28 bits per heavy atom. The number of benzene rings is 1. The quantitative estimate of drug-likeness (QED) is 0.874. The Bertz CT molecular complexity index is 488. The fraction of sp³-hybridized carbons (Fsp3) is 0.400. The SMILES string of the molecule is CCc1cc(CC(NC)c2ccccc2)n(C)n1. The van der Waals surface area contributed by atoms with Crippen LogP contribution >= 0.6 is 0 Å². The van der Waals surface area contributed by atoms with Crippen LogP contribution in [0.25, 0.3) is 0 Å². The lowest BCUT2D eigenvalue weighted by atomic mass is 10.0. The first-order valence-corrected chi connectivity index (χ1v) is 6.48. The molecule has 1 aromatic heterocycles. The molecule has 0 saturated heterocycles. The number of hydrogen-bond donors (Lipinski definition) is 1. The molecule has 0 bridgehead atoms. The largest absolute Gasteiger partial charge is 0.313 e. The Kier molecular flexibility index (Phi) is 4.15. The molecule has 0 aliphatic rings. The number of rotatable bonds is 5. The second-order valence-corrected chi connectivity index (χ2v) is 4.56. The Balaban J connectivity index is 2.18. The first-order chi connectivity index (χ1) is 8.74. The number of nitrogens with zero attached hydrogens (tertiary/aromatic N) is 2. The molecule has 2 rings (SSSR count). The predicted molar refractivity (Wildman–Crippen MR) is 74.5 cm³/mol. The van der Waals surface area contributed by atoms with E-state index in [1.807, 2.05) is 18.8 Å². The number of likely N-dealkylation sites (N-methyl/N-ethyl adjacent to an activating group) is 1. The van der Waals surface area contributed by atoms with E-state index in [1.54, 1.807) is 0 Å². The van der Waals surface area contributed by atoms with Gasteiger partial charge >= 0.3 is 0 Å². The van der Waals surface area contributed by atoms with Gasteiger partial charge in [-0.1, -0.05) is 37.3 Å². The van der Waals surface area contributed by atoms with Crippen molar-refractivity contribution in [2.24, 2.45) is 7.05 Å². The zero-order valence-corrected chi connectivity index (χ0v) is 11.4. The lowest BCUT2D eigenvalue weighted by Crippen LogP contribution is -2.20. The Labute approximate surface area is 109 Å². The molecule has 0 aliphatic heterocycles. The third-order valence-corrected chi connectivity index (χ3v) is 3.35. The van der Waals surface area contributed by atoms with Gasteiger partial charge in [-0.25, -0.2) is 0 Å². The molecule has 1 heterocycles. The summed E-state index contributed by atoms with van der Waals surface area (Å²) in [7, 11) is 4.03. The third-order valence-electron chi connectivity index (χ3n) is 3.35. The van der Waals surface area contributed by atoms with Crippen molar-refractivity contribution in [2.45, 2.75) is 25.8 Å². The van der Waals surface area contributed by atoms with Crippen LogP contribution in [0, 0.1) is 0 Å². The summed E-state index contributed by atoms with van der Waals surface area (Å²) in [5.74, 6) is 0. The zero-order chi connectivity index (χ0) is 13.0. The van der Waals surface area contributed by atoms with Crippen LogP contribution in [-0.2, 0) is 19.9 Å². The summed E-state index contributed by atoms with van der Waals surface area (Å²) in [5, 5.41) is 7.88. The molecule has 3 nitrogen and oxygen atoms in total. The van der Waals surface area contributed by atoms with Crippen LogP contribution in [0.15, 0.2) is 36.4 Å². The van der Waals surface area contributed by atoms with E-state index in [0.29, 0.717) is 6.04 Å². The van der Waals surface area contributed by atoms with E-state index in [2.05, 4.69) is 53.7 Å². The van der Waals surface area contributed by atoms with Crippen molar-refractivity contribution in [2.75, 3.05) is 7.05 Å². The highest BCUT2D eigenvalue weighted by atomic mass is 15.3. The van der Waals surface area contributed by atoms with Crippen LogP contribution < -0.4 is 5.32 Å². The molecule has 1 atom stereocenters. The maximum absolute atomic E-state index is 4.50. The molecular weight excluding hydrogens is 222 g/mol. The Hall–Kier alpha value is -1.61. The van der Waals surface area contributed by atoms with E-state index in [-0.39, 0.29) is 0 Å². The molecule has 0 fully saturated rings. The number of hydrogen-bond acceptors (Lipinski definition) is 2. The summed E-state index contributed by atoms with van der Waals surface area (Å²) in [6.07, 6.45) is 1.95. The smallest absolute Gasteiger partial charge is 0.0624 e. The molecule has 2 aromatic rings. The molecule has 0 spiro atoms. The van der Waals surface area contributed by atoms with Gasteiger partial charge in [0.15, 0.2) is 0 Å². The molecule has 0 saturated carbocycles. The maximum Gasteiger partial charge on any atom is 0.0624 e. The fourth-order valence-corrected chi connectivity index (χ4v) is 2.22. The standard InChI is InChI=1S/C15H21N3/c1-4-13-10-14(18(3)17-13)11-15(16-2)12-8-6-5-7-9-12/h5-10,15-16H,4,11H2,1-3H3. The topological polar surface area (TPSA) is 29.9 Å². The average molecular weight is 243 g/mol. The van der Waals surface area contributed by atoms with Crippen LogP contribution in [0.4, 0.5) is 0 Å². The summed E-state index contributed by atoms with van der Waals surface area (Å²) < 4.78 is 1.99. The second-order valence-electron chi connectivity index (χ2n) is 4.56. The molecule has 96 valence electrons. The summed E-state index contributed by atoms with van der Waals surface area (Å²) >= 11 is 0. The number of nitrogens with one attached hydrogen (secondary N) is 1. The Morgan fingerprint density at radius 2 is 2.00 bits per heavy atom. The lowest BCUT2D eigenvalue weighted by Gasteiger charge is -2.16. The molecule has 1 aromatic carbocycles. The van der Waals surface area contributed by atoms with Gasteiger partial charge in [-0.2, -0.15) is 5.10 Å². The Morgan fingerprint density at radius 3 is 2.56 bits per heavy atom. The molecule has 0 amide bonds. The van der Waals surface area contributed by atoms with Gasteiger partial charge in [0, 0.05) is 25.2 Å². The van der Waals surface area contributed by atoms with Gasteiger partial charge in [-0.3, -0.25) is 4.68 Å². The highest BCUT2D eigenvalue weighted by Gasteiger charge is 2.13. The number of aromatic nitrogens is 2. The van der Waals surface area contributed by atoms with Gasteiger partial charge in [0.2, 0.25) is 0 Å². The van der Waals surface area contributed by atoms with E-state index in [1.165, 1.54) is 11.3 Å². The summed E-state index contributed by atoms with van der Waals surface area (Å²) in [4.78, 5) is 0. The highest BCUT2D eigenvalue weighted by molar-refractivity contribution is 5.22. The van der Waals surface area contributed by atoms with Crippen molar-refractivity contribution in [3.8, 4) is 0 Å². The van der Waals surface area contributed by atoms with Crippen LogP contribution in [0.5, 0.6) is 0 Å². The van der Waals surface area contributed by atoms with Crippen molar-refractivity contribution in [1.29, 1.82) is 0 Å². The molecular formula is C15H21N3. The molecule has 0 aliphatic carbocycles. The van der Waals surface area contributed by atoms with E-state index in [4.69, 9.17) is 0 Å². The van der Waals surface area contributed by atoms with Crippen molar-refractivity contribution in [1.82, 2.24) is 15.1 Å². The van der Waals surface area contributed by atoms with Gasteiger partial charge < -0.3 is 5.32 Å². The molecule has 1 N–H and O–H groups in total. The normalized spacial score (nSPS) is 12.6. The minimum absolute atomic E-state index is 0.339. The van der Waals surface area contributed by atoms with Gasteiger partial charge in [0.05, 0.1) is 5.69 Å². The monoisotopic (exact) mass is 243 g/mol. The van der Waals surface area contributed by atoms with Crippen LogP contribution in [-0.4, -0.2) is 16.8 Å². The van der Waals surface area contributed by atoms with E-state index >= 15 is 0 Å². The first kappa shape index (κ1) is 12.8. The van der Waals surface area contributed by atoms with Crippen molar-refractivity contribution < 1.29 is 0 Å². The predicted octanol–water partition coefficient (Wildman–Crippen LogP) is 2.49. The molecule has 1 unspecified atom stereocenters. The average Bonchev–Trinajstić information content (AvgIpc) is 2.77. The highest BCUT2D eigenvalue weighted by Crippen LogP contribution is 2.18. The van der Waals surface area contributed by atoms with E-state index in [9.17, 15) is 0 Å². The summed E-state index contributed by atoms with van der Waals surface area (Å²) in [6.45, 7) is 2.14. The van der Waals surface area contributed by atoms with Crippen LogP contribution in [0.3, 0.4) is 0 Å². The summed E-state index contributed by atoms with van der Waals surface area (Å²) in [5.41, 5.74) is 3.75. The zero-order valence-electron chi connectivity index (χ0n) is 11.4. The van der Waals surface area contributed by atoms with Gasteiger partial charge in [0.25, 0.3) is 0 Å². The summed E-state index contributed by atoms with van der Waals surface area (Å²) in [6, 6.07) is 13.1. The molecule has 3 heteroatoms. The first-order valence-electron chi connectivity index (χ1n) is 6.48. The van der Waals surface area contributed by atoms with Gasteiger partial charge in [-0.05, 0) is 25.1 Å². The fourth-order valence-electron chi connectivity index (χ4n) is 2.22. The minimum Gasteiger partial charge on any atom is -0.313 e. The lowest BCUT2D eigenvalue weighted by molar-refractivity contribution is 0.561. The van der Waals surface area contributed by atoms with Crippen molar-refractivity contribution in [3.63, 3.8) is 0 Å². The van der Waals surface area contributed by atoms with E-state index < -0.39 is 0 Å². The minimum atomic E-state index is 0.339. The second kappa shape index (κ2) is 5.83. The maximum atomic E-state index is 4.50. The molecule has 18 heavy (non-hydrogen) atoms. The van der Waals surface area contributed by atoms with Gasteiger partial charge in [0.1, 0.15) is 0 Å². The van der Waals surface area contributed by atoms with Gasteiger partial charge in [-0.15, -0.1) is 0 Å². The van der Waals surface area contributed by atoms with Crippen molar-refractivity contribution in [3.05, 3.63) is 53.3 Å². The van der Waals surface area contributed by atoms with Crippen molar-refractivity contribution >= 4 is 0 Å². The van der Waals surface area contributed by atoms with E-state index in [0.717, 1.165) is 18.5 Å². The number of aryl methyl sites for hydroxylation is 2. The molecule has 0 radical (unpaired) electrons. The third kappa shape index (κ3) is 2.79. The van der Waals surface area contributed by atoms with Crippen LogP contribution in [0.1, 0.15) is 29.9 Å². The van der Waals surface area contributed by atoms with Crippen LogP contribution in [0.2, 0.25) is 0 Å².